The molecule has 1 unspecified atom stereocenters. The van der Waals surface area contributed by atoms with Gasteiger partial charge in [0.1, 0.15) is 0 Å². The first-order valence-corrected chi connectivity index (χ1v) is 10.2. The molecule has 31 heavy (non-hydrogen) atoms. The smallest absolute Gasteiger partial charge is 0.231 e. The highest BCUT2D eigenvalue weighted by molar-refractivity contribution is 6.01. The van der Waals surface area contributed by atoms with Crippen molar-refractivity contribution in [1.29, 1.82) is 0 Å². The highest BCUT2D eigenvalue weighted by Gasteiger charge is 2.20. The first-order valence-electron chi connectivity index (χ1n) is 10.2. The molecule has 0 saturated heterocycles. The third kappa shape index (κ3) is 4.39. The first-order chi connectivity index (χ1) is 15.1. The number of anilines is 1. The van der Waals surface area contributed by atoms with Crippen LogP contribution in [0.25, 0.3) is 22.2 Å². The molecule has 0 saturated carbocycles. The van der Waals surface area contributed by atoms with Crippen LogP contribution in [0.3, 0.4) is 0 Å². The van der Waals surface area contributed by atoms with Crippen LogP contribution in [0.2, 0.25) is 0 Å². The van der Waals surface area contributed by atoms with Crippen LogP contribution in [0, 0.1) is 0 Å². The second kappa shape index (κ2) is 8.93. The van der Waals surface area contributed by atoms with Crippen LogP contribution >= 0.6 is 0 Å². The fraction of sp³-hybridized carbons (Fsp3) is 0.160. The maximum Gasteiger partial charge on any atom is 0.231 e. The van der Waals surface area contributed by atoms with Gasteiger partial charge in [-0.2, -0.15) is 5.10 Å². The predicted molar refractivity (Wildman–Crippen MR) is 123 cm³/mol. The normalized spacial score (nSPS) is 11.9. The fourth-order valence-corrected chi connectivity index (χ4v) is 3.71. The molecule has 0 spiro atoms. The van der Waals surface area contributed by atoms with Crippen LogP contribution in [0.15, 0.2) is 72.8 Å². The number of aromatic nitrogens is 2. The standard InChI is InChI=1S/C25H24N4O2/c1-16(30)17-7-9-19(10-8-17)24-22-15-20(11-12-23(22)28-29-24)27-25(31)21(13-14-26)18-5-3-2-4-6-18/h2-12,15,21H,13-14,26H2,1H3,(H,27,31)(H,28,29). The zero-order valence-electron chi connectivity index (χ0n) is 17.3. The summed E-state index contributed by atoms with van der Waals surface area (Å²) in [6.45, 7) is 1.97. The van der Waals surface area contributed by atoms with Gasteiger partial charge in [-0.25, -0.2) is 0 Å². The van der Waals surface area contributed by atoms with Crippen molar-refractivity contribution < 1.29 is 9.59 Å². The monoisotopic (exact) mass is 412 g/mol. The molecule has 0 aliphatic heterocycles. The summed E-state index contributed by atoms with van der Waals surface area (Å²) in [6, 6.07) is 22.7. The summed E-state index contributed by atoms with van der Waals surface area (Å²) < 4.78 is 0. The lowest BCUT2D eigenvalue weighted by Crippen LogP contribution is -2.23. The SMILES string of the molecule is CC(=O)c1ccc(-c2n[nH]c3ccc(NC(=O)C(CCN)c4ccccc4)cc23)cc1. The number of hydrogen-bond donors (Lipinski definition) is 3. The average molecular weight is 412 g/mol. The number of nitrogens with one attached hydrogen (secondary N) is 2. The number of rotatable bonds is 7. The van der Waals surface area contributed by atoms with Gasteiger partial charge in [0.25, 0.3) is 0 Å². The molecule has 4 aromatic rings. The summed E-state index contributed by atoms with van der Waals surface area (Å²) >= 11 is 0. The van der Waals surface area contributed by atoms with Gasteiger partial charge in [0.05, 0.1) is 17.1 Å². The molecule has 0 bridgehead atoms. The Kier molecular flexibility index (Phi) is 5.91. The lowest BCUT2D eigenvalue weighted by molar-refractivity contribution is -0.117. The van der Waals surface area contributed by atoms with Crippen molar-refractivity contribution in [1.82, 2.24) is 10.2 Å². The average Bonchev–Trinajstić information content (AvgIpc) is 3.21. The maximum atomic E-state index is 13.0. The molecule has 3 aromatic carbocycles. The third-order valence-corrected chi connectivity index (χ3v) is 5.37. The molecule has 6 heteroatoms. The topological polar surface area (TPSA) is 101 Å². The number of aromatic amines is 1. The molecule has 1 heterocycles. The van der Waals surface area contributed by atoms with Gasteiger partial charge >= 0.3 is 0 Å². The summed E-state index contributed by atoms with van der Waals surface area (Å²) in [5.41, 5.74) is 10.6. The zero-order valence-corrected chi connectivity index (χ0v) is 17.3. The largest absolute Gasteiger partial charge is 0.330 e. The minimum atomic E-state index is -0.315. The zero-order chi connectivity index (χ0) is 21.8. The van der Waals surface area contributed by atoms with Crippen LogP contribution in [-0.2, 0) is 4.79 Å². The number of carbonyl (C=O) groups is 2. The van der Waals surface area contributed by atoms with E-state index in [0.717, 1.165) is 27.7 Å². The molecule has 6 nitrogen and oxygen atoms in total. The quantitative estimate of drug-likeness (QED) is 0.389. The minimum Gasteiger partial charge on any atom is -0.330 e. The molecule has 1 atom stereocenters. The number of ketones is 1. The Labute approximate surface area is 180 Å². The summed E-state index contributed by atoms with van der Waals surface area (Å²) in [4.78, 5) is 24.5. The van der Waals surface area contributed by atoms with Gasteiger partial charge in [0.2, 0.25) is 5.91 Å². The highest BCUT2D eigenvalue weighted by atomic mass is 16.2. The van der Waals surface area contributed by atoms with Crippen molar-refractivity contribution in [2.24, 2.45) is 5.73 Å². The van der Waals surface area contributed by atoms with Crippen molar-refractivity contribution in [3.63, 3.8) is 0 Å². The van der Waals surface area contributed by atoms with E-state index in [9.17, 15) is 9.59 Å². The molecule has 1 aromatic heterocycles. The Bertz CT molecular complexity index is 1210. The molecular weight excluding hydrogens is 388 g/mol. The van der Waals surface area contributed by atoms with Gasteiger partial charge in [0, 0.05) is 22.2 Å². The molecule has 1 amide bonds. The van der Waals surface area contributed by atoms with Gasteiger partial charge in [-0.05, 0) is 43.7 Å². The molecule has 4 N–H and O–H groups in total. The Balaban J connectivity index is 1.62. The highest BCUT2D eigenvalue weighted by Crippen LogP contribution is 2.29. The molecule has 0 aliphatic carbocycles. The van der Waals surface area contributed by atoms with E-state index in [2.05, 4.69) is 15.5 Å². The fourth-order valence-electron chi connectivity index (χ4n) is 3.71. The van der Waals surface area contributed by atoms with Crippen LogP contribution in [0.5, 0.6) is 0 Å². The lowest BCUT2D eigenvalue weighted by Gasteiger charge is -2.16. The van der Waals surface area contributed by atoms with Gasteiger partial charge in [-0.1, -0.05) is 54.6 Å². The minimum absolute atomic E-state index is 0.0221. The molecule has 0 aliphatic rings. The molecule has 4 rings (SSSR count). The van der Waals surface area contributed by atoms with Crippen molar-refractivity contribution in [2.45, 2.75) is 19.3 Å². The second-order valence-electron chi connectivity index (χ2n) is 7.50. The summed E-state index contributed by atoms with van der Waals surface area (Å²) in [5.74, 6) is -0.384. The van der Waals surface area contributed by atoms with E-state index in [1.165, 1.54) is 0 Å². The van der Waals surface area contributed by atoms with Crippen molar-refractivity contribution in [3.05, 3.63) is 83.9 Å². The Morgan fingerprint density at radius 2 is 1.77 bits per heavy atom. The number of fused-ring (bicyclic) bond motifs is 1. The number of H-pyrrole nitrogens is 1. The lowest BCUT2D eigenvalue weighted by atomic mass is 9.94. The number of carbonyl (C=O) groups excluding carboxylic acids is 2. The molecule has 0 fully saturated rings. The number of nitrogens with two attached hydrogens (primary N) is 1. The second-order valence-corrected chi connectivity index (χ2v) is 7.50. The van der Waals surface area contributed by atoms with E-state index in [4.69, 9.17) is 5.73 Å². The van der Waals surface area contributed by atoms with Crippen molar-refractivity contribution in [3.8, 4) is 11.3 Å². The molecule has 156 valence electrons. The summed E-state index contributed by atoms with van der Waals surface area (Å²) in [6.07, 6.45) is 0.567. The maximum absolute atomic E-state index is 13.0. The van der Waals surface area contributed by atoms with Crippen LogP contribution < -0.4 is 11.1 Å². The summed E-state index contributed by atoms with van der Waals surface area (Å²) in [7, 11) is 0. The van der Waals surface area contributed by atoms with Gasteiger partial charge < -0.3 is 11.1 Å². The predicted octanol–water partition coefficient (Wildman–Crippen LogP) is 4.50. The van der Waals surface area contributed by atoms with E-state index >= 15 is 0 Å². The number of hydrogen-bond acceptors (Lipinski definition) is 4. The number of amides is 1. The number of benzene rings is 3. The first kappa shape index (κ1) is 20.5. The Morgan fingerprint density at radius 3 is 2.45 bits per heavy atom. The van der Waals surface area contributed by atoms with Crippen molar-refractivity contribution in [2.75, 3.05) is 11.9 Å². The number of nitrogens with zero attached hydrogens (tertiary/aromatic N) is 1. The molecular formula is C25H24N4O2. The van der Waals surface area contributed by atoms with Gasteiger partial charge in [0.15, 0.2) is 5.78 Å². The van der Waals surface area contributed by atoms with Gasteiger partial charge in [-0.3, -0.25) is 14.7 Å². The Morgan fingerprint density at radius 1 is 1.03 bits per heavy atom. The van der Waals surface area contributed by atoms with Crippen LogP contribution in [-0.4, -0.2) is 28.4 Å². The van der Waals surface area contributed by atoms with E-state index in [0.29, 0.717) is 24.2 Å². The van der Waals surface area contributed by atoms with E-state index in [1.54, 1.807) is 19.1 Å². The van der Waals surface area contributed by atoms with E-state index < -0.39 is 0 Å². The van der Waals surface area contributed by atoms with Crippen LogP contribution in [0.4, 0.5) is 5.69 Å². The third-order valence-electron chi connectivity index (χ3n) is 5.37. The van der Waals surface area contributed by atoms with Crippen LogP contribution in [0.1, 0.15) is 35.2 Å². The van der Waals surface area contributed by atoms with Crippen molar-refractivity contribution >= 4 is 28.3 Å². The number of Topliss-reactive ketones (excluding diaryl/α,β-unsaturated/α-hetero) is 1. The van der Waals surface area contributed by atoms with Gasteiger partial charge in [-0.15, -0.1) is 0 Å². The van der Waals surface area contributed by atoms with E-state index in [1.807, 2.05) is 60.7 Å². The summed E-state index contributed by atoms with van der Waals surface area (Å²) in [5, 5.41) is 11.4. The molecule has 0 radical (unpaired) electrons. The van der Waals surface area contributed by atoms with E-state index in [-0.39, 0.29) is 17.6 Å². The Hall–Kier alpha value is -3.77.